The number of benzene rings is 1. The fourth-order valence-electron chi connectivity index (χ4n) is 0.715. The second-order valence-electron chi connectivity index (χ2n) is 2.30. The maximum Gasteiger partial charge on any atom is 0.324 e. The Bertz CT molecular complexity index is 304. The summed E-state index contributed by atoms with van der Waals surface area (Å²) in [6, 6.07) is 7.08. The highest BCUT2D eigenvalue weighted by molar-refractivity contribution is 6.33. The van der Waals surface area contributed by atoms with Gasteiger partial charge in [0, 0.05) is 6.92 Å². The molecule has 0 aliphatic rings. The molecule has 0 amide bonds. The second-order valence-corrected chi connectivity index (χ2v) is 2.71. The lowest BCUT2D eigenvalue weighted by molar-refractivity contribution is -0.147. The first kappa shape index (κ1) is 9.83. The molecule has 0 aromatic heterocycles. The van der Waals surface area contributed by atoms with E-state index in [-0.39, 0.29) is 0 Å². The molecule has 5 heteroatoms. The molecule has 1 aromatic carbocycles. The fraction of sp³-hybridized carbons (Fsp3) is 0.125. The van der Waals surface area contributed by atoms with E-state index in [1.165, 1.54) is 6.92 Å². The van der Waals surface area contributed by atoms with Crippen molar-refractivity contribution in [1.82, 2.24) is 5.59 Å². The monoisotopic (exact) mass is 200 g/mol. The quantitative estimate of drug-likeness (QED) is 0.730. The molecule has 1 aromatic rings. The largest absolute Gasteiger partial charge is 0.351 e. The highest BCUT2D eigenvalue weighted by Gasteiger charge is 1.97. The topological polar surface area (TPSA) is 50.4 Å². The van der Waals surface area contributed by atoms with Gasteiger partial charge in [0.1, 0.15) is 0 Å². The maximum atomic E-state index is 10.4. The van der Waals surface area contributed by atoms with E-state index < -0.39 is 5.97 Å². The summed E-state index contributed by atoms with van der Waals surface area (Å²) >= 11 is 5.80. The van der Waals surface area contributed by atoms with E-state index in [1.54, 1.807) is 18.2 Å². The number of para-hydroxylation sites is 1. The van der Waals surface area contributed by atoms with Crippen LogP contribution in [0.2, 0.25) is 5.02 Å². The highest BCUT2D eigenvalue weighted by Crippen LogP contribution is 2.19. The Labute approximate surface area is 80.8 Å². The summed E-state index contributed by atoms with van der Waals surface area (Å²) in [5, 5.41) is 0.544. The first-order valence-electron chi connectivity index (χ1n) is 3.63. The Morgan fingerprint density at radius 2 is 2.15 bits per heavy atom. The van der Waals surface area contributed by atoms with Crippen LogP contribution < -0.4 is 11.0 Å². The van der Waals surface area contributed by atoms with Crippen LogP contribution in [0.4, 0.5) is 5.69 Å². The van der Waals surface area contributed by atoms with Gasteiger partial charge in [-0.05, 0) is 12.1 Å². The number of carbonyl (C=O) groups excluding carboxylic acids is 1. The summed E-state index contributed by atoms with van der Waals surface area (Å²) in [6.45, 7) is 1.29. The van der Waals surface area contributed by atoms with Gasteiger partial charge in [0.2, 0.25) is 0 Å². The fourth-order valence-corrected chi connectivity index (χ4v) is 0.898. The van der Waals surface area contributed by atoms with Crippen LogP contribution in [-0.4, -0.2) is 5.97 Å². The number of hydrogen-bond donors (Lipinski definition) is 2. The van der Waals surface area contributed by atoms with Crippen LogP contribution in [-0.2, 0) is 9.63 Å². The van der Waals surface area contributed by atoms with Crippen molar-refractivity contribution in [2.45, 2.75) is 6.92 Å². The minimum atomic E-state index is -0.431. The van der Waals surface area contributed by atoms with E-state index in [0.717, 1.165) is 0 Å². The average molecular weight is 201 g/mol. The minimum absolute atomic E-state index is 0.431. The summed E-state index contributed by atoms with van der Waals surface area (Å²) in [7, 11) is 0. The third-order valence-electron chi connectivity index (χ3n) is 1.25. The van der Waals surface area contributed by atoms with Gasteiger partial charge in [-0.25, -0.2) is 0 Å². The van der Waals surface area contributed by atoms with Gasteiger partial charge in [0.25, 0.3) is 0 Å². The molecule has 0 radical (unpaired) electrons. The Kier molecular flexibility index (Phi) is 3.54. The van der Waals surface area contributed by atoms with Gasteiger partial charge in [-0.15, -0.1) is 0 Å². The van der Waals surface area contributed by atoms with E-state index in [9.17, 15) is 4.79 Å². The van der Waals surface area contributed by atoms with Gasteiger partial charge in [0.15, 0.2) is 0 Å². The molecule has 13 heavy (non-hydrogen) atoms. The van der Waals surface area contributed by atoms with Crippen LogP contribution in [0, 0.1) is 0 Å². The lowest BCUT2D eigenvalue weighted by atomic mass is 10.3. The number of nitrogens with one attached hydrogen (secondary N) is 2. The number of halogens is 1. The van der Waals surface area contributed by atoms with Gasteiger partial charge >= 0.3 is 5.97 Å². The average Bonchev–Trinajstić information content (AvgIpc) is 2.08. The molecule has 0 bridgehead atoms. The van der Waals surface area contributed by atoms with Crippen molar-refractivity contribution in [2.75, 3.05) is 5.43 Å². The minimum Gasteiger partial charge on any atom is -0.351 e. The van der Waals surface area contributed by atoms with E-state index in [4.69, 9.17) is 11.6 Å². The molecule has 0 aliphatic carbocycles. The summed E-state index contributed by atoms with van der Waals surface area (Å²) in [6.07, 6.45) is 0. The zero-order valence-electron chi connectivity index (χ0n) is 7.00. The summed E-state index contributed by atoms with van der Waals surface area (Å²) in [5.74, 6) is -0.431. The van der Waals surface area contributed by atoms with E-state index >= 15 is 0 Å². The van der Waals surface area contributed by atoms with Gasteiger partial charge in [-0.1, -0.05) is 29.3 Å². The number of anilines is 1. The molecule has 1 rings (SSSR count). The van der Waals surface area contributed by atoms with Crippen LogP contribution in [0.1, 0.15) is 6.92 Å². The first-order chi connectivity index (χ1) is 6.20. The van der Waals surface area contributed by atoms with Crippen molar-refractivity contribution in [3.8, 4) is 0 Å². The molecule has 70 valence electrons. The van der Waals surface area contributed by atoms with E-state index in [1.807, 2.05) is 6.07 Å². The van der Waals surface area contributed by atoms with Gasteiger partial charge < -0.3 is 4.84 Å². The van der Waals surface area contributed by atoms with Gasteiger partial charge in [-0.2, -0.15) is 0 Å². The number of hydrogen-bond acceptors (Lipinski definition) is 4. The van der Waals surface area contributed by atoms with E-state index in [2.05, 4.69) is 15.9 Å². The summed E-state index contributed by atoms with van der Waals surface area (Å²) in [4.78, 5) is 14.8. The predicted molar refractivity (Wildman–Crippen MR) is 50.0 cm³/mol. The van der Waals surface area contributed by atoms with Crippen LogP contribution in [0.25, 0.3) is 0 Å². The number of carbonyl (C=O) groups is 1. The van der Waals surface area contributed by atoms with Crippen LogP contribution in [0.3, 0.4) is 0 Å². The van der Waals surface area contributed by atoms with Crippen LogP contribution >= 0.6 is 11.6 Å². The lowest BCUT2D eigenvalue weighted by Crippen LogP contribution is -2.24. The first-order valence-corrected chi connectivity index (χ1v) is 4.01. The Morgan fingerprint density at radius 1 is 1.46 bits per heavy atom. The van der Waals surface area contributed by atoms with Gasteiger partial charge in [-0.3, -0.25) is 10.2 Å². The highest BCUT2D eigenvalue weighted by atomic mass is 35.5. The zero-order valence-corrected chi connectivity index (χ0v) is 7.76. The molecule has 0 heterocycles. The second kappa shape index (κ2) is 4.69. The van der Waals surface area contributed by atoms with Crippen molar-refractivity contribution in [2.24, 2.45) is 0 Å². The van der Waals surface area contributed by atoms with Crippen molar-refractivity contribution in [3.05, 3.63) is 29.3 Å². The Morgan fingerprint density at radius 3 is 2.77 bits per heavy atom. The smallest absolute Gasteiger partial charge is 0.324 e. The molecular weight excluding hydrogens is 192 g/mol. The lowest BCUT2D eigenvalue weighted by Gasteiger charge is -2.07. The molecular formula is C8H9ClN2O2. The van der Waals surface area contributed by atoms with Gasteiger partial charge in [0.05, 0.1) is 10.7 Å². The molecule has 0 fully saturated rings. The predicted octanol–water partition coefficient (Wildman–Crippen LogP) is 1.73. The molecule has 4 nitrogen and oxygen atoms in total. The molecule has 2 N–H and O–H groups in total. The van der Waals surface area contributed by atoms with Crippen molar-refractivity contribution >= 4 is 23.3 Å². The molecule has 0 atom stereocenters. The van der Waals surface area contributed by atoms with Crippen molar-refractivity contribution < 1.29 is 9.63 Å². The Hall–Kier alpha value is -1.26. The number of rotatable bonds is 3. The third kappa shape index (κ3) is 3.31. The molecule has 0 spiro atoms. The zero-order chi connectivity index (χ0) is 9.68. The molecule has 0 saturated heterocycles. The van der Waals surface area contributed by atoms with Crippen LogP contribution in [0.5, 0.6) is 0 Å². The standard InChI is InChI=1S/C8H9ClN2O2/c1-6(12)13-11-10-8-5-3-2-4-7(8)9/h2-5,10-11H,1H3. The Balaban J connectivity index is 2.45. The van der Waals surface area contributed by atoms with Crippen molar-refractivity contribution in [3.63, 3.8) is 0 Å². The molecule has 0 aliphatic heterocycles. The van der Waals surface area contributed by atoms with Crippen LogP contribution in [0.15, 0.2) is 24.3 Å². The molecule has 0 unspecified atom stereocenters. The maximum absolute atomic E-state index is 10.4. The summed E-state index contributed by atoms with van der Waals surface area (Å²) < 4.78 is 0. The van der Waals surface area contributed by atoms with E-state index in [0.29, 0.717) is 10.7 Å². The third-order valence-corrected chi connectivity index (χ3v) is 1.58. The van der Waals surface area contributed by atoms with Crippen molar-refractivity contribution in [1.29, 1.82) is 0 Å². The molecule has 0 saturated carbocycles. The SMILES string of the molecule is CC(=O)ONNc1ccccc1Cl. The summed E-state index contributed by atoms with van der Waals surface area (Å²) in [5.41, 5.74) is 5.52. The number of hydrazine groups is 1. The normalized spacial score (nSPS) is 9.38.